The predicted octanol–water partition coefficient (Wildman–Crippen LogP) is 1.45. The van der Waals surface area contributed by atoms with E-state index in [4.69, 9.17) is 4.42 Å². The van der Waals surface area contributed by atoms with Gasteiger partial charge in [-0.05, 0) is 13.0 Å². The van der Waals surface area contributed by atoms with Crippen molar-refractivity contribution in [2.75, 3.05) is 23.3 Å². The number of fused-ring (bicyclic) bond motifs is 1. The van der Waals surface area contributed by atoms with E-state index in [0.29, 0.717) is 5.69 Å². The van der Waals surface area contributed by atoms with E-state index >= 15 is 0 Å². The summed E-state index contributed by atoms with van der Waals surface area (Å²) < 4.78 is 25.2. The van der Waals surface area contributed by atoms with E-state index in [0.717, 1.165) is 23.8 Å². The van der Waals surface area contributed by atoms with Crippen molar-refractivity contribution in [3.8, 4) is 5.13 Å². The van der Waals surface area contributed by atoms with Crippen LogP contribution in [0.3, 0.4) is 0 Å². The summed E-state index contributed by atoms with van der Waals surface area (Å²) in [5.74, 6) is -3.12. The van der Waals surface area contributed by atoms with E-state index in [9.17, 15) is 23.9 Å². The van der Waals surface area contributed by atoms with Crippen molar-refractivity contribution < 1.29 is 23.5 Å². The Labute approximate surface area is 187 Å². The van der Waals surface area contributed by atoms with Crippen LogP contribution >= 0.6 is 11.5 Å². The fraction of sp³-hybridized carbons (Fsp3) is 0.211. The first-order chi connectivity index (χ1) is 15.8. The number of carbonyl (C=O) groups is 2. The van der Waals surface area contributed by atoms with Gasteiger partial charge in [0.25, 0.3) is 0 Å². The molecule has 2 N–H and O–H groups in total. The van der Waals surface area contributed by atoms with Crippen molar-refractivity contribution in [3.05, 3.63) is 52.2 Å². The Bertz CT molecular complexity index is 1460. The molecule has 14 heteroatoms. The maximum absolute atomic E-state index is 14.9. The topological polar surface area (TPSA) is 156 Å². The lowest BCUT2D eigenvalue weighted by Gasteiger charge is -2.39. The Morgan fingerprint density at radius 3 is 2.76 bits per heavy atom. The molecule has 0 atom stereocenters. The molecule has 1 saturated heterocycles. The second-order valence-electron chi connectivity index (χ2n) is 7.32. The zero-order valence-electron chi connectivity index (χ0n) is 16.9. The molecule has 0 bridgehead atoms. The molecule has 4 aromatic heterocycles. The van der Waals surface area contributed by atoms with Gasteiger partial charge in [0, 0.05) is 30.8 Å². The zero-order valence-corrected chi connectivity index (χ0v) is 17.7. The standard InChI is InChI=1S/C19H14FN7O5S/c1-8-6-32-18(23-8)25-16(29)9-3-26(4-9)15-12(20)2-10-13(28)11(17(30)31)5-27(14(10)24-15)19-21-7-22-33-19/h2,5-7,9H,3-4H2,1H3,(H,30,31)(H,23,25,29). The molecule has 1 aliphatic heterocycles. The molecule has 5 heterocycles. The summed E-state index contributed by atoms with van der Waals surface area (Å²) in [5.41, 5.74) is -0.760. The molecular weight excluding hydrogens is 457 g/mol. The number of aromatic carboxylic acids is 1. The van der Waals surface area contributed by atoms with Crippen LogP contribution in [0.15, 0.2) is 34.1 Å². The quantitative estimate of drug-likeness (QED) is 0.437. The highest BCUT2D eigenvalue weighted by Crippen LogP contribution is 2.29. The number of hydrogen-bond donors (Lipinski definition) is 2. The van der Waals surface area contributed by atoms with Gasteiger partial charge in [0.15, 0.2) is 17.3 Å². The molecule has 33 heavy (non-hydrogen) atoms. The van der Waals surface area contributed by atoms with Gasteiger partial charge in [0.1, 0.15) is 18.2 Å². The number of aryl methyl sites for hydroxylation is 1. The molecule has 1 fully saturated rings. The average Bonchev–Trinajstić information content (AvgIpc) is 3.40. The highest BCUT2D eigenvalue weighted by atomic mass is 32.1. The summed E-state index contributed by atoms with van der Waals surface area (Å²) in [6.07, 6.45) is 3.76. The largest absolute Gasteiger partial charge is 0.477 e. The number of amides is 1. The van der Waals surface area contributed by atoms with Crippen molar-refractivity contribution in [2.45, 2.75) is 6.92 Å². The van der Waals surface area contributed by atoms with Gasteiger partial charge in [0.2, 0.25) is 16.5 Å². The number of halogens is 1. The van der Waals surface area contributed by atoms with Crippen LogP contribution in [0.5, 0.6) is 0 Å². The van der Waals surface area contributed by atoms with Gasteiger partial charge in [-0.1, -0.05) is 0 Å². The normalized spacial score (nSPS) is 13.8. The fourth-order valence-electron chi connectivity index (χ4n) is 3.44. The van der Waals surface area contributed by atoms with E-state index in [1.165, 1.54) is 17.2 Å². The van der Waals surface area contributed by atoms with E-state index in [1.54, 1.807) is 11.8 Å². The summed E-state index contributed by atoms with van der Waals surface area (Å²) in [7, 11) is 0. The maximum Gasteiger partial charge on any atom is 0.341 e. The van der Waals surface area contributed by atoms with Crippen molar-refractivity contribution >= 4 is 46.3 Å². The predicted molar refractivity (Wildman–Crippen MR) is 113 cm³/mol. The first-order valence-corrected chi connectivity index (χ1v) is 10.3. The highest BCUT2D eigenvalue weighted by Gasteiger charge is 2.36. The third-order valence-corrected chi connectivity index (χ3v) is 5.77. The van der Waals surface area contributed by atoms with Crippen LogP contribution in [0.4, 0.5) is 16.2 Å². The highest BCUT2D eigenvalue weighted by molar-refractivity contribution is 7.08. The summed E-state index contributed by atoms with van der Waals surface area (Å²) in [5, 5.41) is 12.0. The molecule has 0 radical (unpaired) electrons. The minimum Gasteiger partial charge on any atom is -0.477 e. The number of carboxylic acids is 1. The number of rotatable bonds is 5. The lowest BCUT2D eigenvalue weighted by molar-refractivity contribution is -0.120. The lowest BCUT2D eigenvalue weighted by atomic mass is 9.99. The van der Waals surface area contributed by atoms with Gasteiger partial charge in [0.05, 0.1) is 17.0 Å². The fourth-order valence-corrected chi connectivity index (χ4v) is 3.95. The molecule has 12 nitrogen and oxygen atoms in total. The smallest absolute Gasteiger partial charge is 0.341 e. The van der Waals surface area contributed by atoms with Gasteiger partial charge in [-0.15, -0.1) is 0 Å². The number of nitrogens with zero attached hydrogens (tertiary/aromatic N) is 6. The Morgan fingerprint density at radius 2 is 2.12 bits per heavy atom. The number of carboxylic acid groups (broad SMARTS) is 1. The lowest BCUT2D eigenvalue weighted by Crippen LogP contribution is -2.52. The summed E-state index contributed by atoms with van der Waals surface area (Å²) in [6.45, 7) is 2.08. The molecule has 0 spiro atoms. The van der Waals surface area contributed by atoms with Gasteiger partial charge in [-0.25, -0.2) is 19.2 Å². The van der Waals surface area contributed by atoms with E-state index in [-0.39, 0.29) is 47.0 Å². The van der Waals surface area contributed by atoms with Crippen molar-refractivity contribution in [2.24, 2.45) is 5.92 Å². The Morgan fingerprint density at radius 1 is 1.33 bits per heavy atom. The van der Waals surface area contributed by atoms with Crippen molar-refractivity contribution in [1.29, 1.82) is 0 Å². The number of anilines is 2. The molecule has 168 valence electrons. The van der Waals surface area contributed by atoms with Gasteiger partial charge >= 0.3 is 12.0 Å². The monoisotopic (exact) mass is 471 g/mol. The Balaban J connectivity index is 1.48. The number of hydrogen-bond acceptors (Lipinski definition) is 10. The molecule has 1 aliphatic rings. The second-order valence-corrected chi connectivity index (χ2v) is 8.08. The second kappa shape index (κ2) is 7.74. The van der Waals surface area contributed by atoms with Crippen molar-refractivity contribution in [3.63, 3.8) is 0 Å². The van der Waals surface area contributed by atoms with Crippen LogP contribution in [0.25, 0.3) is 16.2 Å². The first kappa shape index (κ1) is 20.7. The van der Waals surface area contributed by atoms with E-state index in [2.05, 4.69) is 24.6 Å². The van der Waals surface area contributed by atoms with Crippen LogP contribution in [-0.2, 0) is 4.79 Å². The van der Waals surface area contributed by atoms with Crippen molar-refractivity contribution in [1.82, 2.24) is 23.9 Å². The van der Waals surface area contributed by atoms with Gasteiger partial charge < -0.3 is 14.4 Å². The molecule has 0 saturated carbocycles. The van der Waals surface area contributed by atoms with E-state index < -0.39 is 28.7 Å². The third-order valence-electron chi connectivity index (χ3n) is 5.10. The van der Waals surface area contributed by atoms with Crippen LogP contribution < -0.4 is 15.6 Å². The maximum atomic E-state index is 14.9. The van der Waals surface area contributed by atoms with E-state index in [1.807, 2.05) is 0 Å². The van der Waals surface area contributed by atoms with Gasteiger partial charge in [-0.2, -0.15) is 9.36 Å². The Kier molecular flexibility index (Phi) is 4.85. The molecule has 0 aliphatic carbocycles. The molecule has 0 unspecified atom stereocenters. The zero-order chi connectivity index (χ0) is 23.3. The molecule has 0 aromatic carbocycles. The number of pyridine rings is 2. The number of oxazole rings is 1. The third kappa shape index (κ3) is 3.59. The summed E-state index contributed by atoms with van der Waals surface area (Å²) >= 11 is 0.954. The Hall–Kier alpha value is -4.20. The average molecular weight is 471 g/mol. The molecule has 5 rings (SSSR count). The summed E-state index contributed by atoms with van der Waals surface area (Å²) in [4.78, 5) is 50.4. The number of aromatic nitrogens is 5. The minimum atomic E-state index is -1.46. The minimum absolute atomic E-state index is 0.0290. The van der Waals surface area contributed by atoms with Crippen LogP contribution in [0.1, 0.15) is 16.1 Å². The summed E-state index contributed by atoms with van der Waals surface area (Å²) in [6, 6.07) is 1.04. The van der Waals surface area contributed by atoms with Crippen LogP contribution in [0, 0.1) is 18.7 Å². The molecule has 4 aromatic rings. The molecular formula is C19H14FN7O5S. The SMILES string of the molecule is Cc1coc(NC(=O)C2CN(c3nc4c(cc3F)c(=O)c(C(=O)O)cn4-c3ncns3)C2)n1. The van der Waals surface area contributed by atoms with Crippen LogP contribution in [-0.4, -0.2) is 54.0 Å². The van der Waals surface area contributed by atoms with Crippen LogP contribution in [0.2, 0.25) is 0 Å². The number of nitrogens with one attached hydrogen (secondary N) is 1. The molecule has 1 amide bonds. The van der Waals surface area contributed by atoms with Gasteiger partial charge in [-0.3, -0.25) is 19.5 Å². The first-order valence-electron chi connectivity index (χ1n) is 9.56. The number of carbonyl (C=O) groups excluding carboxylic acids is 1.